The van der Waals surface area contributed by atoms with Crippen molar-refractivity contribution in [1.29, 1.82) is 0 Å². The van der Waals surface area contributed by atoms with Crippen LogP contribution in [0, 0.1) is 44.9 Å². The summed E-state index contributed by atoms with van der Waals surface area (Å²) in [4.78, 5) is 0. The number of unbranched alkanes of at least 4 members (excludes halogenated alkanes) is 11. The Bertz CT molecular complexity index is 4350. The second-order valence-corrected chi connectivity index (χ2v) is 40.1. The Hall–Kier alpha value is -6.52. The Morgan fingerprint density at radius 3 is 0.831 bits per heavy atom. The number of halogens is 4. The molecule has 0 aromatic heterocycles. The molecule has 0 atom stereocenters. The summed E-state index contributed by atoms with van der Waals surface area (Å²) in [6, 6.07) is 59.0. The maximum atomic E-state index is 15.9. The van der Waals surface area contributed by atoms with Crippen LogP contribution in [0.4, 0.5) is 17.6 Å². The molecular weight excluding hydrogens is 1450 g/mol. The van der Waals surface area contributed by atoms with Crippen molar-refractivity contribution in [3.05, 3.63) is 238 Å². The van der Waals surface area contributed by atoms with Gasteiger partial charge < -0.3 is 0 Å². The van der Waals surface area contributed by atoms with Crippen LogP contribution in [0.1, 0.15) is 395 Å². The van der Waals surface area contributed by atoms with Crippen molar-refractivity contribution >= 4 is 0 Å². The van der Waals surface area contributed by atoms with Gasteiger partial charge in [-0.1, -0.05) is 315 Å². The average molecular weight is 1600 g/mol. The molecule has 0 radical (unpaired) electrons. The molecule has 12 aliphatic rings. The summed E-state index contributed by atoms with van der Waals surface area (Å²) in [6.07, 6.45) is 62.7. The van der Waals surface area contributed by atoms with Crippen LogP contribution in [0.2, 0.25) is 0 Å². The first-order valence-corrected chi connectivity index (χ1v) is 49.0. The second kappa shape index (κ2) is 41.1. The van der Waals surface area contributed by atoms with Gasteiger partial charge in [0.15, 0.2) is 0 Å². The van der Waals surface area contributed by atoms with E-state index in [1.54, 1.807) is 6.07 Å². The molecule has 0 spiro atoms. The van der Waals surface area contributed by atoms with Crippen molar-refractivity contribution in [2.45, 2.75) is 398 Å². The van der Waals surface area contributed by atoms with E-state index in [-0.39, 0.29) is 44.9 Å². The first-order valence-electron chi connectivity index (χ1n) is 49.0. The number of fused-ring (bicyclic) bond motifs is 12. The molecule has 20 rings (SSSR count). The Balaban J connectivity index is 0.000000136. The van der Waals surface area contributed by atoms with Gasteiger partial charge in [-0.2, -0.15) is 0 Å². The highest BCUT2D eigenvalue weighted by atomic mass is 19.1. The molecule has 12 aliphatic carbocycles. The first-order chi connectivity index (χ1) is 57.5. The van der Waals surface area contributed by atoms with E-state index in [0.29, 0.717) is 21.7 Å². The molecule has 0 saturated heterocycles. The van der Waals surface area contributed by atoms with Crippen molar-refractivity contribution in [3.63, 3.8) is 0 Å². The lowest BCUT2D eigenvalue weighted by atomic mass is 9.50. The third-order valence-electron chi connectivity index (χ3n) is 33.1. The summed E-state index contributed by atoms with van der Waals surface area (Å²) in [7, 11) is 0. The van der Waals surface area contributed by atoms with E-state index < -0.39 is 0 Å². The van der Waals surface area contributed by atoms with Gasteiger partial charge in [0.1, 0.15) is 23.3 Å². The summed E-state index contributed by atoms with van der Waals surface area (Å²) >= 11 is 0. The van der Waals surface area contributed by atoms with E-state index in [4.69, 9.17) is 0 Å². The standard InChI is InChI=1S/C30H41F.C29H39F.C28H37F.C27H35F/c1-3-5-7-10-24-13-15-25(16-14-24)26-11-9-12-27(28(26)31)30-21-18-29(19-22-30,20-23-30)17-8-6-4-2;1-3-5-7-10-23-13-14-25(27(30)22-23)24-11-8-9-12-26(24)29-19-16-28(17-20-29,18-21-29)15-6-4-2;1-3-5-6-8-22-11-13-23(14-12-22)24-9-7-10-25(26(24)29)28-19-16-27(15-4-2,17-20-28)18-21-28;1-3-5-6-8-21-11-13-22(14-12-21)23-9-7-10-24(25(23)28)27-18-15-26(4-2,16-19-27)17-20-27/h9,11-16H,3-8,10,17-23H2,1-2H3;8-9,11-14,22H,3-7,10,15-21H2,1-2H3;7,9-14H,3-6,8,15-21H2,1-2H3;7,9-14H,3-6,8,15-20H2,1-2H3. The quantitative estimate of drug-likeness (QED) is 0.0279. The van der Waals surface area contributed by atoms with E-state index in [1.165, 1.54) is 292 Å². The van der Waals surface area contributed by atoms with Gasteiger partial charge in [0.25, 0.3) is 0 Å². The summed E-state index contributed by atoms with van der Waals surface area (Å²) in [5, 5.41) is 0. The largest absolute Gasteiger partial charge is 0.206 e. The van der Waals surface area contributed by atoms with E-state index in [1.807, 2.05) is 24.3 Å². The molecule has 0 unspecified atom stereocenters. The minimum absolute atomic E-state index is 0.0344. The maximum Gasteiger partial charge on any atom is 0.134 e. The zero-order valence-corrected chi connectivity index (χ0v) is 75.0. The van der Waals surface area contributed by atoms with Gasteiger partial charge in [-0.25, -0.2) is 17.6 Å². The van der Waals surface area contributed by atoms with Crippen molar-refractivity contribution in [2.24, 2.45) is 21.7 Å². The number of benzene rings is 8. The third kappa shape index (κ3) is 20.4. The van der Waals surface area contributed by atoms with Gasteiger partial charge in [-0.05, 0) is 341 Å². The number of hydrogen-bond acceptors (Lipinski definition) is 0. The van der Waals surface area contributed by atoms with E-state index >= 15 is 17.6 Å². The van der Waals surface area contributed by atoms with Crippen LogP contribution in [0.15, 0.2) is 170 Å². The fourth-order valence-electron chi connectivity index (χ4n) is 24.6. The Kier molecular flexibility index (Phi) is 31.1. The lowest BCUT2D eigenvalue weighted by Crippen LogP contribution is -2.44. The highest BCUT2D eigenvalue weighted by Gasteiger charge is 2.54. The number of aryl methyl sites for hydroxylation is 4. The smallest absolute Gasteiger partial charge is 0.134 e. The van der Waals surface area contributed by atoms with Crippen LogP contribution in [0.25, 0.3) is 44.5 Å². The van der Waals surface area contributed by atoms with Gasteiger partial charge in [-0.15, -0.1) is 0 Å². The molecular formula is C114H152F4. The molecule has 0 aliphatic heterocycles. The second-order valence-electron chi connectivity index (χ2n) is 40.1. The molecule has 4 heteroatoms. The Morgan fingerprint density at radius 2 is 0.500 bits per heavy atom. The highest BCUT2D eigenvalue weighted by Crippen LogP contribution is 2.65. The molecule has 8 bridgehead atoms. The summed E-state index contributed by atoms with van der Waals surface area (Å²) in [5.41, 5.74) is 19.8. The predicted molar refractivity (Wildman–Crippen MR) is 496 cm³/mol. The molecule has 8 aromatic rings. The van der Waals surface area contributed by atoms with E-state index in [9.17, 15) is 0 Å². The summed E-state index contributed by atoms with van der Waals surface area (Å²) in [5.74, 6) is 0.0710. The molecule has 8 aromatic carbocycles. The number of rotatable bonds is 34. The van der Waals surface area contributed by atoms with Crippen LogP contribution in [0.5, 0.6) is 0 Å². The molecule has 0 amide bonds. The highest BCUT2D eigenvalue weighted by molar-refractivity contribution is 5.71. The van der Waals surface area contributed by atoms with Crippen molar-refractivity contribution in [2.75, 3.05) is 0 Å². The van der Waals surface area contributed by atoms with E-state index in [0.717, 1.165) is 118 Å². The molecule has 0 heterocycles. The monoisotopic (exact) mass is 1600 g/mol. The summed E-state index contributed by atoms with van der Waals surface area (Å²) < 4.78 is 62.6. The van der Waals surface area contributed by atoms with Crippen LogP contribution in [0.3, 0.4) is 0 Å². The van der Waals surface area contributed by atoms with Crippen LogP contribution >= 0.6 is 0 Å². The van der Waals surface area contributed by atoms with Crippen molar-refractivity contribution in [1.82, 2.24) is 0 Å². The van der Waals surface area contributed by atoms with Crippen LogP contribution in [-0.4, -0.2) is 0 Å². The molecule has 0 nitrogen and oxygen atoms in total. The normalized spacial score (nSPS) is 25.8. The molecule has 636 valence electrons. The van der Waals surface area contributed by atoms with Gasteiger partial charge in [-0.3, -0.25) is 0 Å². The third-order valence-corrected chi connectivity index (χ3v) is 33.1. The SMILES string of the molecule is CCCCCc1ccc(-c2cccc(C34CCC(CC)(CC3)CC4)c2F)cc1.CCCCCc1ccc(-c2cccc(C34CCC(CCC)(CC3)CC4)c2F)cc1.CCCCCc1ccc(-c2cccc(C34CCC(CCCCC)(CC3)CC4)c2F)cc1.CCCCCc1ccc(-c2ccccc2C23CCC(CCCC)(CC2)CC3)c(F)c1. The topological polar surface area (TPSA) is 0 Å². The fraction of sp³-hybridized carbons (Fsp3) is 0.579. The van der Waals surface area contributed by atoms with Gasteiger partial charge in [0.2, 0.25) is 0 Å². The predicted octanol–water partition coefficient (Wildman–Crippen LogP) is 35.3. The summed E-state index contributed by atoms with van der Waals surface area (Å²) in [6.45, 7) is 18.2. The van der Waals surface area contributed by atoms with Crippen molar-refractivity contribution < 1.29 is 17.6 Å². The molecule has 12 fully saturated rings. The molecule has 0 N–H and O–H groups in total. The molecule has 118 heavy (non-hydrogen) atoms. The van der Waals surface area contributed by atoms with Crippen LogP contribution < -0.4 is 0 Å². The average Bonchev–Trinajstić information content (AvgIpc) is 0.745. The lowest BCUT2D eigenvalue weighted by molar-refractivity contribution is 0.0289. The van der Waals surface area contributed by atoms with Crippen molar-refractivity contribution in [3.8, 4) is 44.5 Å². The number of hydrogen-bond donors (Lipinski definition) is 0. The van der Waals surface area contributed by atoms with Gasteiger partial charge >= 0.3 is 0 Å². The molecule has 12 saturated carbocycles. The van der Waals surface area contributed by atoms with Gasteiger partial charge in [0.05, 0.1) is 0 Å². The lowest BCUT2D eigenvalue weighted by Gasteiger charge is -2.54. The zero-order chi connectivity index (χ0) is 82.7. The van der Waals surface area contributed by atoms with Crippen LogP contribution in [-0.2, 0) is 47.3 Å². The Morgan fingerprint density at radius 1 is 0.220 bits per heavy atom. The maximum absolute atomic E-state index is 15.9. The van der Waals surface area contributed by atoms with Gasteiger partial charge in [0, 0.05) is 22.3 Å². The zero-order valence-electron chi connectivity index (χ0n) is 75.0. The Labute approximate surface area is 715 Å². The van der Waals surface area contributed by atoms with E-state index in [2.05, 4.69) is 195 Å². The minimum atomic E-state index is -0.0447. The fourth-order valence-corrected chi connectivity index (χ4v) is 24.6. The minimum Gasteiger partial charge on any atom is -0.206 e. The first kappa shape index (κ1) is 89.2.